The summed E-state index contributed by atoms with van der Waals surface area (Å²) >= 11 is 5.59. The zero-order valence-electron chi connectivity index (χ0n) is 11.8. The molecule has 1 fully saturated rings. The Bertz CT molecular complexity index is 484. The minimum atomic E-state index is -4.42. The SMILES string of the molecule is COC1CN(c2ccc(CCl)c(C(F)(F)F)c2)CC1OC. The topological polar surface area (TPSA) is 21.7 Å². The minimum absolute atomic E-state index is 0.0821. The van der Waals surface area contributed by atoms with Crippen molar-refractivity contribution < 1.29 is 22.6 Å². The van der Waals surface area contributed by atoms with Crippen LogP contribution in [0.2, 0.25) is 0 Å². The van der Waals surface area contributed by atoms with Crippen LogP contribution in [0.15, 0.2) is 18.2 Å². The number of nitrogens with zero attached hydrogens (tertiary/aromatic N) is 1. The fraction of sp³-hybridized carbons (Fsp3) is 0.571. The highest BCUT2D eigenvalue weighted by atomic mass is 35.5. The summed E-state index contributed by atoms with van der Waals surface area (Å²) in [6, 6.07) is 4.22. The predicted octanol–water partition coefficient (Wildman–Crippen LogP) is 3.29. The molecule has 3 nitrogen and oxygen atoms in total. The molecule has 0 saturated carbocycles. The highest BCUT2D eigenvalue weighted by Gasteiger charge is 2.36. The van der Waals surface area contributed by atoms with E-state index in [1.165, 1.54) is 6.07 Å². The lowest BCUT2D eigenvalue weighted by molar-refractivity contribution is -0.138. The fourth-order valence-electron chi connectivity index (χ4n) is 2.55. The minimum Gasteiger partial charge on any atom is -0.377 e. The summed E-state index contributed by atoms with van der Waals surface area (Å²) in [5, 5.41) is 0. The van der Waals surface area contributed by atoms with E-state index in [-0.39, 0.29) is 23.7 Å². The van der Waals surface area contributed by atoms with Gasteiger partial charge in [0.1, 0.15) is 12.2 Å². The standard InChI is InChI=1S/C14H17ClF3NO2/c1-20-12-7-19(8-13(12)21-2)10-4-3-9(6-15)11(5-10)14(16,17)18/h3-5,12-13H,6-8H2,1-2H3. The van der Waals surface area contributed by atoms with Gasteiger partial charge in [0, 0.05) is 38.9 Å². The molecule has 1 aromatic carbocycles. The Kier molecular flexibility index (Phi) is 5.01. The van der Waals surface area contributed by atoms with Crippen molar-refractivity contribution in [2.24, 2.45) is 0 Å². The zero-order chi connectivity index (χ0) is 15.6. The summed E-state index contributed by atoms with van der Waals surface area (Å²) in [4.78, 5) is 1.83. The molecule has 21 heavy (non-hydrogen) atoms. The number of rotatable bonds is 4. The Morgan fingerprint density at radius 1 is 1.19 bits per heavy atom. The van der Waals surface area contributed by atoms with Gasteiger partial charge >= 0.3 is 6.18 Å². The number of halogens is 4. The van der Waals surface area contributed by atoms with E-state index in [2.05, 4.69) is 0 Å². The Balaban J connectivity index is 2.29. The molecule has 0 radical (unpaired) electrons. The van der Waals surface area contributed by atoms with Gasteiger partial charge in [-0.2, -0.15) is 13.2 Å². The van der Waals surface area contributed by atoms with Gasteiger partial charge in [0.2, 0.25) is 0 Å². The quantitative estimate of drug-likeness (QED) is 0.794. The van der Waals surface area contributed by atoms with Gasteiger partial charge in [-0.25, -0.2) is 0 Å². The summed E-state index contributed by atoms with van der Waals surface area (Å²) in [6.07, 6.45) is -4.73. The molecule has 0 aromatic heterocycles. The second kappa shape index (κ2) is 6.42. The molecule has 1 heterocycles. The third kappa shape index (κ3) is 3.44. The molecule has 0 amide bonds. The first-order valence-electron chi connectivity index (χ1n) is 6.47. The van der Waals surface area contributed by atoms with E-state index >= 15 is 0 Å². The molecule has 0 N–H and O–H groups in total. The predicted molar refractivity (Wildman–Crippen MR) is 74.8 cm³/mol. The molecule has 7 heteroatoms. The Labute approximate surface area is 126 Å². The number of ether oxygens (including phenoxy) is 2. The van der Waals surface area contributed by atoms with Crippen molar-refractivity contribution >= 4 is 17.3 Å². The van der Waals surface area contributed by atoms with Crippen molar-refractivity contribution in [3.8, 4) is 0 Å². The number of anilines is 1. The summed E-state index contributed by atoms with van der Waals surface area (Å²) in [6.45, 7) is 0.985. The molecule has 0 bridgehead atoms. The fourth-order valence-corrected chi connectivity index (χ4v) is 2.78. The number of alkyl halides is 4. The number of hydrogen-bond acceptors (Lipinski definition) is 3. The highest BCUT2D eigenvalue weighted by Crippen LogP contribution is 2.36. The largest absolute Gasteiger partial charge is 0.416 e. The van der Waals surface area contributed by atoms with Crippen LogP contribution in [0.3, 0.4) is 0 Å². The van der Waals surface area contributed by atoms with Crippen molar-refractivity contribution in [1.29, 1.82) is 0 Å². The van der Waals surface area contributed by atoms with Gasteiger partial charge in [-0.1, -0.05) is 6.07 Å². The Morgan fingerprint density at radius 2 is 1.76 bits per heavy atom. The van der Waals surface area contributed by atoms with Gasteiger partial charge in [0.05, 0.1) is 5.56 Å². The molecular formula is C14H17ClF3NO2. The average Bonchev–Trinajstić information content (AvgIpc) is 2.89. The van der Waals surface area contributed by atoms with Crippen LogP contribution >= 0.6 is 11.6 Å². The average molecular weight is 324 g/mol. The normalized spacial score (nSPS) is 22.9. The molecule has 0 spiro atoms. The number of methoxy groups -OCH3 is 2. The first-order chi connectivity index (χ1) is 9.90. The molecule has 1 aromatic rings. The van der Waals surface area contributed by atoms with Crippen LogP contribution in [-0.2, 0) is 21.5 Å². The van der Waals surface area contributed by atoms with Crippen LogP contribution in [0.5, 0.6) is 0 Å². The third-order valence-corrected chi connectivity index (χ3v) is 4.02. The van der Waals surface area contributed by atoms with Crippen LogP contribution in [0.25, 0.3) is 0 Å². The molecule has 1 aliphatic rings. The maximum atomic E-state index is 13.1. The van der Waals surface area contributed by atoms with Crippen molar-refractivity contribution in [2.45, 2.75) is 24.3 Å². The Hall–Kier alpha value is -0.980. The van der Waals surface area contributed by atoms with Crippen LogP contribution in [-0.4, -0.2) is 39.5 Å². The van der Waals surface area contributed by atoms with Crippen LogP contribution < -0.4 is 4.90 Å². The van der Waals surface area contributed by atoms with E-state index in [0.717, 1.165) is 6.07 Å². The molecule has 2 rings (SSSR count). The smallest absolute Gasteiger partial charge is 0.377 e. The lowest BCUT2D eigenvalue weighted by Crippen LogP contribution is -2.27. The molecule has 0 aliphatic carbocycles. The van der Waals surface area contributed by atoms with Gasteiger partial charge in [0.25, 0.3) is 0 Å². The van der Waals surface area contributed by atoms with E-state index in [0.29, 0.717) is 18.8 Å². The van der Waals surface area contributed by atoms with E-state index in [1.54, 1.807) is 20.3 Å². The maximum absolute atomic E-state index is 13.1. The van der Waals surface area contributed by atoms with Crippen molar-refractivity contribution in [2.75, 3.05) is 32.2 Å². The summed E-state index contributed by atoms with van der Waals surface area (Å²) in [7, 11) is 3.13. The summed E-state index contributed by atoms with van der Waals surface area (Å²) in [5.74, 6) is -0.170. The number of hydrogen-bond donors (Lipinski definition) is 0. The van der Waals surface area contributed by atoms with Gasteiger partial charge in [0.15, 0.2) is 0 Å². The first-order valence-corrected chi connectivity index (χ1v) is 7.00. The maximum Gasteiger partial charge on any atom is 0.416 e. The lowest BCUT2D eigenvalue weighted by Gasteiger charge is -2.21. The molecular weight excluding hydrogens is 307 g/mol. The molecule has 2 unspecified atom stereocenters. The number of benzene rings is 1. The highest BCUT2D eigenvalue weighted by molar-refractivity contribution is 6.17. The summed E-state index contributed by atoms with van der Waals surface area (Å²) < 4.78 is 49.8. The molecule has 2 atom stereocenters. The van der Waals surface area contributed by atoms with Gasteiger partial charge in [-0.05, 0) is 17.7 Å². The van der Waals surface area contributed by atoms with Crippen LogP contribution in [0, 0.1) is 0 Å². The summed E-state index contributed by atoms with van der Waals surface area (Å²) in [5.41, 5.74) is -0.110. The van der Waals surface area contributed by atoms with Crippen LogP contribution in [0.1, 0.15) is 11.1 Å². The molecule has 1 saturated heterocycles. The third-order valence-electron chi connectivity index (χ3n) is 3.73. The van der Waals surface area contributed by atoms with E-state index in [9.17, 15) is 13.2 Å². The molecule has 1 aliphatic heterocycles. The van der Waals surface area contributed by atoms with E-state index < -0.39 is 11.7 Å². The van der Waals surface area contributed by atoms with Gasteiger partial charge in [-0.3, -0.25) is 0 Å². The van der Waals surface area contributed by atoms with Crippen molar-refractivity contribution in [1.82, 2.24) is 0 Å². The molecule has 118 valence electrons. The Morgan fingerprint density at radius 3 is 2.19 bits per heavy atom. The lowest BCUT2D eigenvalue weighted by atomic mass is 10.1. The first kappa shape index (κ1) is 16.4. The van der Waals surface area contributed by atoms with Gasteiger partial charge < -0.3 is 14.4 Å². The van der Waals surface area contributed by atoms with Gasteiger partial charge in [-0.15, -0.1) is 11.6 Å². The van der Waals surface area contributed by atoms with Crippen molar-refractivity contribution in [3.63, 3.8) is 0 Å². The monoisotopic (exact) mass is 323 g/mol. The second-order valence-electron chi connectivity index (χ2n) is 4.93. The van der Waals surface area contributed by atoms with E-state index in [1.807, 2.05) is 4.90 Å². The zero-order valence-corrected chi connectivity index (χ0v) is 12.5. The van der Waals surface area contributed by atoms with E-state index in [4.69, 9.17) is 21.1 Å². The van der Waals surface area contributed by atoms with Crippen molar-refractivity contribution in [3.05, 3.63) is 29.3 Å². The van der Waals surface area contributed by atoms with Crippen LogP contribution in [0.4, 0.5) is 18.9 Å². The second-order valence-corrected chi connectivity index (χ2v) is 5.19.